The smallest absolute Gasteiger partial charge is 0.143 e. The minimum absolute atomic E-state index is 0.893. The minimum Gasteiger partial charge on any atom is -0.455 e. The van der Waals surface area contributed by atoms with Crippen LogP contribution in [0.5, 0.6) is 0 Å². The fourth-order valence-corrected chi connectivity index (χ4v) is 9.46. The number of anilines is 3. The van der Waals surface area contributed by atoms with Crippen molar-refractivity contribution in [3.63, 3.8) is 0 Å². The molecule has 286 valence electrons. The van der Waals surface area contributed by atoms with Gasteiger partial charge < -0.3 is 13.9 Å². The van der Waals surface area contributed by atoms with E-state index < -0.39 is 0 Å². The van der Waals surface area contributed by atoms with Crippen LogP contribution in [0.25, 0.3) is 93.6 Å². The molecule has 12 aromatic rings. The van der Waals surface area contributed by atoms with Gasteiger partial charge in [-0.25, -0.2) is 0 Å². The predicted molar refractivity (Wildman–Crippen MR) is 257 cm³/mol. The average Bonchev–Trinajstić information content (AvgIpc) is 3.88. The Labute approximate surface area is 353 Å². The van der Waals surface area contributed by atoms with Gasteiger partial charge >= 0.3 is 0 Å². The summed E-state index contributed by atoms with van der Waals surface area (Å²) in [6, 6.07) is 83.0. The maximum Gasteiger partial charge on any atom is 0.143 e. The zero-order valence-electron chi connectivity index (χ0n) is 33.2. The topological polar surface area (TPSA) is 21.3 Å². The molecule has 0 atom stereocenters. The molecule has 0 spiro atoms. The van der Waals surface area contributed by atoms with E-state index in [0.29, 0.717) is 0 Å². The van der Waals surface area contributed by atoms with E-state index in [1.165, 1.54) is 43.7 Å². The van der Waals surface area contributed by atoms with E-state index in [1.54, 1.807) is 0 Å². The second kappa shape index (κ2) is 14.3. The lowest BCUT2D eigenvalue weighted by atomic mass is 9.97. The van der Waals surface area contributed by atoms with Gasteiger partial charge in [-0.15, -0.1) is 0 Å². The van der Waals surface area contributed by atoms with Crippen LogP contribution in [0.15, 0.2) is 235 Å². The average molecular weight is 779 g/mol. The van der Waals surface area contributed by atoms with E-state index in [1.807, 2.05) is 12.1 Å². The fourth-order valence-electron chi connectivity index (χ4n) is 9.46. The van der Waals surface area contributed by atoms with Crippen LogP contribution in [0, 0.1) is 0 Å². The van der Waals surface area contributed by atoms with E-state index in [-0.39, 0.29) is 0 Å². The summed E-state index contributed by atoms with van der Waals surface area (Å²) in [4.78, 5) is 2.41. The lowest BCUT2D eigenvalue weighted by Gasteiger charge is -2.29. The quantitative estimate of drug-likeness (QED) is 0.161. The first-order valence-corrected chi connectivity index (χ1v) is 20.8. The van der Waals surface area contributed by atoms with Crippen LogP contribution < -0.4 is 4.90 Å². The Kier molecular flexibility index (Phi) is 8.17. The molecule has 0 saturated carbocycles. The number of para-hydroxylation sites is 6. The molecule has 0 fully saturated rings. The second-order valence-corrected chi connectivity index (χ2v) is 15.6. The molecule has 0 aliphatic rings. The summed E-state index contributed by atoms with van der Waals surface area (Å²) in [6.45, 7) is 0. The number of hydrogen-bond donors (Lipinski definition) is 0. The van der Waals surface area contributed by atoms with E-state index >= 15 is 0 Å². The largest absolute Gasteiger partial charge is 0.455 e. The van der Waals surface area contributed by atoms with Crippen molar-refractivity contribution in [2.75, 3.05) is 4.90 Å². The maximum atomic E-state index is 6.56. The number of fused-ring (bicyclic) bond motifs is 7. The summed E-state index contributed by atoms with van der Waals surface area (Å²) in [5.41, 5.74) is 15.3. The van der Waals surface area contributed by atoms with E-state index in [9.17, 15) is 0 Å². The Hall–Kier alpha value is -8.14. The van der Waals surface area contributed by atoms with Crippen molar-refractivity contribution in [1.29, 1.82) is 0 Å². The highest BCUT2D eigenvalue weighted by Gasteiger charge is 2.22. The summed E-state index contributed by atoms with van der Waals surface area (Å²) >= 11 is 0. The van der Waals surface area contributed by atoms with Gasteiger partial charge in [-0.1, -0.05) is 176 Å². The van der Waals surface area contributed by atoms with Gasteiger partial charge in [-0.2, -0.15) is 0 Å². The molecular formula is C58H38N2O. The summed E-state index contributed by atoms with van der Waals surface area (Å²) in [6.07, 6.45) is 0. The maximum absolute atomic E-state index is 6.56. The zero-order valence-corrected chi connectivity index (χ0v) is 33.2. The molecule has 12 rings (SSSR count). The molecule has 0 aliphatic heterocycles. The lowest BCUT2D eigenvalue weighted by Crippen LogP contribution is -2.12. The van der Waals surface area contributed by atoms with Gasteiger partial charge in [0.2, 0.25) is 0 Å². The van der Waals surface area contributed by atoms with Crippen molar-refractivity contribution in [1.82, 2.24) is 4.57 Å². The summed E-state index contributed by atoms with van der Waals surface area (Å²) in [5, 5.41) is 7.20. The molecule has 10 aromatic carbocycles. The van der Waals surface area contributed by atoms with Crippen LogP contribution in [0.2, 0.25) is 0 Å². The SMILES string of the molecule is c1cc(-c2cccc3c2oc2ccccc23)cc(N(c2ccc(-c3cccc4ccccc34)cc2)c2ccccc2-c2ccccc2-n2c3ccccc3c3ccccc32)c1. The summed E-state index contributed by atoms with van der Waals surface area (Å²) in [7, 11) is 0. The zero-order chi connectivity index (χ0) is 40.3. The highest BCUT2D eigenvalue weighted by atomic mass is 16.3. The standard InChI is InChI=1S/C58H38N2O/c1-2-20-44-39(16-1)17-14-26-45(44)40-34-36-42(37-35-40)59(43-19-13-18-41(38-43)46-27-15-28-52-51-25-7-12-33-57(51)61-58(46)52)53-29-8-3-21-47(53)48-22-4-9-30-54(48)60-55-31-10-5-23-49(55)50-24-6-11-32-56(50)60/h1-38H. The van der Waals surface area contributed by atoms with Crippen molar-refractivity contribution in [3.8, 4) is 39.1 Å². The van der Waals surface area contributed by atoms with Gasteiger partial charge in [-0.3, -0.25) is 0 Å². The Morgan fingerprint density at radius 2 is 0.918 bits per heavy atom. The van der Waals surface area contributed by atoms with Gasteiger partial charge in [0.15, 0.2) is 0 Å². The van der Waals surface area contributed by atoms with Crippen molar-refractivity contribution in [2.24, 2.45) is 0 Å². The molecule has 3 nitrogen and oxygen atoms in total. The van der Waals surface area contributed by atoms with Gasteiger partial charge in [0.25, 0.3) is 0 Å². The predicted octanol–water partition coefficient (Wildman–Crippen LogP) is 16.3. The molecule has 0 saturated heterocycles. The minimum atomic E-state index is 0.893. The highest BCUT2D eigenvalue weighted by molar-refractivity contribution is 6.11. The molecular weight excluding hydrogens is 741 g/mol. The summed E-state index contributed by atoms with van der Waals surface area (Å²) < 4.78 is 8.99. The number of furan rings is 1. The van der Waals surface area contributed by atoms with Crippen LogP contribution in [0.1, 0.15) is 0 Å². The molecule has 0 unspecified atom stereocenters. The van der Waals surface area contributed by atoms with Crippen LogP contribution in [0.3, 0.4) is 0 Å². The van der Waals surface area contributed by atoms with Gasteiger partial charge in [-0.05, 0) is 82.1 Å². The molecule has 61 heavy (non-hydrogen) atoms. The molecule has 2 aromatic heterocycles. The Morgan fingerprint density at radius 1 is 0.344 bits per heavy atom. The van der Waals surface area contributed by atoms with Crippen LogP contribution in [-0.4, -0.2) is 4.57 Å². The molecule has 0 N–H and O–H groups in total. The van der Waals surface area contributed by atoms with Crippen molar-refractivity contribution >= 4 is 71.6 Å². The Morgan fingerprint density at radius 3 is 1.74 bits per heavy atom. The van der Waals surface area contributed by atoms with E-state index in [4.69, 9.17) is 4.42 Å². The van der Waals surface area contributed by atoms with Gasteiger partial charge in [0, 0.05) is 49.6 Å². The number of hydrogen-bond acceptors (Lipinski definition) is 2. The number of benzene rings is 10. The monoisotopic (exact) mass is 778 g/mol. The van der Waals surface area contributed by atoms with Crippen LogP contribution in [-0.2, 0) is 0 Å². The van der Waals surface area contributed by atoms with Crippen molar-refractivity contribution < 1.29 is 4.42 Å². The first-order valence-electron chi connectivity index (χ1n) is 20.8. The molecule has 0 aliphatic carbocycles. The third kappa shape index (κ3) is 5.74. The molecule has 0 radical (unpaired) electrons. The van der Waals surface area contributed by atoms with Gasteiger partial charge in [0.05, 0.1) is 22.4 Å². The van der Waals surface area contributed by atoms with Gasteiger partial charge in [0.1, 0.15) is 11.2 Å². The molecule has 0 bridgehead atoms. The Bertz CT molecular complexity index is 3550. The highest BCUT2D eigenvalue weighted by Crippen LogP contribution is 2.46. The van der Waals surface area contributed by atoms with E-state index in [0.717, 1.165) is 66.9 Å². The lowest BCUT2D eigenvalue weighted by molar-refractivity contribution is 0.670. The molecule has 0 amide bonds. The first kappa shape index (κ1) is 34.9. The van der Waals surface area contributed by atoms with Crippen molar-refractivity contribution in [3.05, 3.63) is 231 Å². The second-order valence-electron chi connectivity index (χ2n) is 15.6. The van der Waals surface area contributed by atoms with Crippen LogP contribution in [0.4, 0.5) is 17.1 Å². The van der Waals surface area contributed by atoms with E-state index in [2.05, 4.69) is 228 Å². The normalized spacial score (nSPS) is 11.6. The third-order valence-electron chi connectivity index (χ3n) is 12.2. The molecule has 3 heteroatoms. The van der Waals surface area contributed by atoms with Crippen LogP contribution >= 0.6 is 0 Å². The number of rotatable bonds is 7. The summed E-state index contributed by atoms with van der Waals surface area (Å²) in [5.74, 6) is 0. The fraction of sp³-hybridized carbons (Fsp3) is 0. The third-order valence-corrected chi connectivity index (χ3v) is 12.2. The first-order chi connectivity index (χ1) is 30.3. The molecule has 2 heterocycles. The number of nitrogens with zero attached hydrogens (tertiary/aromatic N) is 2. The Balaban J connectivity index is 1.07. The van der Waals surface area contributed by atoms with Crippen molar-refractivity contribution in [2.45, 2.75) is 0 Å². The number of aromatic nitrogens is 1.